The Morgan fingerprint density at radius 2 is 2.23 bits per heavy atom. The van der Waals surface area contributed by atoms with Crippen molar-refractivity contribution in [1.29, 1.82) is 5.26 Å². The molecule has 2 heterocycles. The van der Waals surface area contributed by atoms with Crippen molar-refractivity contribution in [2.75, 3.05) is 5.75 Å². The molecule has 1 atom stereocenters. The number of benzene rings is 1. The summed E-state index contributed by atoms with van der Waals surface area (Å²) in [5.74, 6) is 0.924. The fourth-order valence-electron chi connectivity index (χ4n) is 3.59. The lowest BCUT2D eigenvalue weighted by Gasteiger charge is -2.18. The molecule has 2 aromatic heterocycles. The predicted octanol–water partition coefficient (Wildman–Crippen LogP) is 4.50. The fraction of sp³-hybridized carbons (Fsp3) is 0.350. The summed E-state index contributed by atoms with van der Waals surface area (Å²) in [4.78, 5) is 20.5. The van der Waals surface area contributed by atoms with Crippen LogP contribution in [0.5, 0.6) is 0 Å². The van der Waals surface area contributed by atoms with Crippen LogP contribution in [0.3, 0.4) is 0 Å². The average molecular weight is 382 g/mol. The number of thiophene rings is 1. The monoisotopic (exact) mass is 381 g/mol. The van der Waals surface area contributed by atoms with Gasteiger partial charge < -0.3 is 0 Å². The summed E-state index contributed by atoms with van der Waals surface area (Å²) < 4.78 is 1.70. The van der Waals surface area contributed by atoms with Crippen LogP contribution in [0, 0.1) is 24.2 Å². The van der Waals surface area contributed by atoms with E-state index in [0.29, 0.717) is 11.1 Å². The average Bonchev–Trinajstić information content (AvgIpc) is 2.98. The second-order valence-corrected chi connectivity index (χ2v) is 8.83. The van der Waals surface area contributed by atoms with Crippen LogP contribution in [0.2, 0.25) is 0 Å². The standard InChI is InChI=1S/C20H19N3OS2/c1-12-7-8-14-16(11-12)26-18-17(14)19(24)23(20(22-18)25-10-9-21)15-6-4-3-5-13(15)2/h3-6,12H,7-8,10-11H2,1-2H3. The van der Waals surface area contributed by atoms with E-state index in [2.05, 4.69) is 13.0 Å². The van der Waals surface area contributed by atoms with Gasteiger partial charge in [-0.2, -0.15) is 5.26 Å². The van der Waals surface area contributed by atoms with Gasteiger partial charge in [-0.1, -0.05) is 36.9 Å². The quantitative estimate of drug-likeness (QED) is 0.495. The van der Waals surface area contributed by atoms with E-state index < -0.39 is 0 Å². The number of hydrogen-bond donors (Lipinski definition) is 0. The molecular formula is C20H19N3OS2. The molecule has 26 heavy (non-hydrogen) atoms. The van der Waals surface area contributed by atoms with Gasteiger partial charge >= 0.3 is 0 Å². The Hall–Kier alpha value is -2.10. The Kier molecular flexibility index (Phi) is 4.60. The van der Waals surface area contributed by atoms with Gasteiger partial charge in [-0.15, -0.1) is 11.3 Å². The van der Waals surface area contributed by atoms with Crippen molar-refractivity contribution in [3.8, 4) is 11.8 Å². The molecule has 1 aromatic carbocycles. The maximum absolute atomic E-state index is 13.5. The van der Waals surface area contributed by atoms with E-state index in [1.165, 1.54) is 22.2 Å². The number of aromatic nitrogens is 2. The number of rotatable bonds is 3. The Balaban J connectivity index is 2.02. The zero-order valence-corrected chi connectivity index (χ0v) is 16.4. The Bertz CT molecular complexity index is 1090. The largest absolute Gasteiger partial charge is 0.268 e. The van der Waals surface area contributed by atoms with Crippen molar-refractivity contribution >= 4 is 33.3 Å². The normalized spacial score (nSPS) is 16.4. The molecule has 0 saturated heterocycles. The minimum atomic E-state index is -0.00297. The summed E-state index contributed by atoms with van der Waals surface area (Å²) >= 11 is 2.98. The van der Waals surface area contributed by atoms with Crippen LogP contribution in [0.4, 0.5) is 0 Å². The summed E-state index contributed by atoms with van der Waals surface area (Å²) in [5.41, 5.74) is 3.06. The highest BCUT2D eigenvalue weighted by Crippen LogP contribution is 2.37. The van der Waals surface area contributed by atoms with Crippen LogP contribution >= 0.6 is 23.1 Å². The number of aryl methyl sites for hydroxylation is 2. The first kappa shape index (κ1) is 17.3. The molecule has 0 radical (unpaired) electrons. The number of para-hydroxylation sites is 1. The molecule has 0 fully saturated rings. The van der Waals surface area contributed by atoms with E-state index in [4.69, 9.17) is 10.2 Å². The van der Waals surface area contributed by atoms with Gasteiger partial charge in [0.05, 0.1) is 22.9 Å². The number of nitrogens with zero attached hydrogens (tertiary/aromatic N) is 3. The first-order valence-electron chi connectivity index (χ1n) is 8.73. The fourth-order valence-corrected chi connectivity index (χ4v) is 5.68. The van der Waals surface area contributed by atoms with Crippen molar-refractivity contribution in [3.05, 3.63) is 50.6 Å². The lowest BCUT2D eigenvalue weighted by Crippen LogP contribution is -2.23. The van der Waals surface area contributed by atoms with Crippen LogP contribution in [0.15, 0.2) is 34.2 Å². The van der Waals surface area contributed by atoms with E-state index in [0.717, 1.165) is 40.7 Å². The molecule has 1 aliphatic rings. The molecule has 4 nitrogen and oxygen atoms in total. The molecule has 0 spiro atoms. The maximum Gasteiger partial charge on any atom is 0.267 e. The van der Waals surface area contributed by atoms with Gasteiger partial charge in [0, 0.05) is 4.88 Å². The van der Waals surface area contributed by atoms with Crippen molar-refractivity contribution < 1.29 is 0 Å². The van der Waals surface area contributed by atoms with Gasteiger partial charge in [0.25, 0.3) is 5.56 Å². The second-order valence-electron chi connectivity index (χ2n) is 6.80. The zero-order valence-electron chi connectivity index (χ0n) is 14.8. The molecule has 1 aliphatic carbocycles. The highest BCUT2D eigenvalue weighted by Gasteiger charge is 2.25. The molecule has 0 aliphatic heterocycles. The first-order valence-corrected chi connectivity index (χ1v) is 10.5. The smallest absolute Gasteiger partial charge is 0.267 e. The van der Waals surface area contributed by atoms with Gasteiger partial charge in [0.2, 0.25) is 0 Å². The zero-order chi connectivity index (χ0) is 18.3. The second kappa shape index (κ2) is 6.90. The first-order chi connectivity index (χ1) is 12.6. The molecule has 0 saturated carbocycles. The minimum Gasteiger partial charge on any atom is -0.268 e. The van der Waals surface area contributed by atoms with Gasteiger partial charge in [0.15, 0.2) is 5.16 Å². The SMILES string of the molecule is Cc1ccccc1-n1c(SCC#N)nc2sc3c(c2c1=O)CCC(C)C3. The van der Waals surface area contributed by atoms with Crippen molar-refractivity contribution in [2.24, 2.45) is 5.92 Å². The highest BCUT2D eigenvalue weighted by molar-refractivity contribution is 7.99. The third-order valence-electron chi connectivity index (χ3n) is 4.92. The van der Waals surface area contributed by atoms with E-state index in [1.54, 1.807) is 15.9 Å². The van der Waals surface area contributed by atoms with E-state index in [-0.39, 0.29) is 11.3 Å². The van der Waals surface area contributed by atoms with Crippen LogP contribution in [0.1, 0.15) is 29.3 Å². The maximum atomic E-state index is 13.5. The summed E-state index contributed by atoms with van der Waals surface area (Å²) in [6, 6.07) is 9.98. The van der Waals surface area contributed by atoms with Crippen LogP contribution in [0.25, 0.3) is 15.9 Å². The Morgan fingerprint density at radius 1 is 1.42 bits per heavy atom. The minimum absolute atomic E-state index is 0.00297. The van der Waals surface area contributed by atoms with E-state index in [1.807, 2.05) is 31.2 Å². The third-order valence-corrected chi connectivity index (χ3v) is 6.87. The van der Waals surface area contributed by atoms with Crippen LogP contribution in [-0.4, -0.2) is 15.3 Å². The summed E-state index contributed by atoms with van der Waals surface area (Å²) in [7, 11) is 0. The Morgan fingerprint density at radius 3 is 3.00 bits per heavy atom. The molecule has 0 N–H and O–H groups in total. The van der Waals surface area contributed by atoms with E-state index in [9.17, 15) is 4.79 Å². The van der Waals surface area contributed by atoms with Crippen molar-refractivity contribution in [3.63, 3.8) is 0 Å². The summed E-state index contributed by atoms with van der Waals surface area (Å²) in [6.45, 7) is 4.26. The molecule has 3 aromatic rings. The molecular weight excluding hydrogens is 362 g/mol. The van der Waals surface area contributed by atoms with Crippen LogP contribution in [-0.2, 0) is 12.8 Å². The number of hydrogen-bond acceptors (Lipinski definition) is 5. The number of nitriles is 1. The van der Waals surface area contributed by atoms with E-state index >= 15 is 0 Å². The van der Waals surface area contributed by atoms with Crippen LogP contribution < -0.4 is 5.56 Å². The van der Waals surface area contributed by atoms with Gasteiger partial charge in [0.1, 0.15) is 4.83 Å². The summed E-state index contributed by atoms with van der Waals surface area (Å²) in [5, 5.41) is 10.4. The molecule has 4 rings (SSSR count). The number of fused-ring (bicyclic) bond motifs is 3. The lowest BCUT2D eigenvalue weighted by molar-refractivity contribution is 0.509. The lowest BCUT2D eigenvalue weighted by atomic mass is 9.89. The molecule has 0 bridgehead atoms. The molecule has 1 unspecified atom stereocenters. The third kappa shape index (κ3) is 2.85. The Labute approximate surface area is 160 Å². The predicted molar refractivity (Wildman–Crippen MR) is 107 cm³/mol. The van der Waals surface area contributed by atoms with Gasteiger partial charge in [-0.05, 0) is 49.3 Å². The molecule has 132 valence electrons. The summed E-state index contributed by atoms with van der Waals surface area (Å²) in [6.07, 6.45) is 3.10. The van der Waals surface area contributed by atoms with Crippen molar-refractivity contribution in [2.45, 2.75) is 38.3 Å². The molecule has 6 heteroatoms. The highest BCUT2D eigenvalue weighted by atomic mass is 32.2. The van der Waals surface area contributed by atoms with Crippen molar-refractivity contribution in [1.82, 2.24) is 9.55 Å². The van der Waals surface area contributed by atoms with Gasteiger partial charge in [-0.25, -0.2) is 4.98 Å². The number of thioether (sulfide) groups is 1. The topological polar surface area (TPSA) is 58.7 Å². The van der Waals surface area contributed by atoms with Gasteiger partial charge in [-0.3, -0.25) is 9.36 Å². The molecule has 0 amide bonds.